The van der Waals surface area contributed by atoms with E-state index in [1.54, 1.807) is 32.0 Å². The van der Waals surface area contributed by atoms with Crippen molar-refractivity contribution in [3.63, 3.8) is 0 Å². The molecule has 0 spiro atoms. The highest BCUT2D eigenvalue weighted by Crippen LogP contribution is 2.16. The summed E-state index contributed by atoms with van der Waals surface area (Å²) in [5.41, 5.74) is 0.949. The van der Waals surface area contributed by atoms with Crippen molar-refractivity contribution in [1.82, 2.24) is 5.32 Å². The minimum atomic E-state index is -0.357. The molecule has 0 aliphatic heterocycles. The second-order valence-electron chi connectivity index (χ2n) is 3.90. The maximum Gasteiger partial charge on any atom is 0.244 e. The SMILES string of the molecule is C/C(=C/C(=O)NC(C)CO)c1ccccc1F. The van der Waals surface area contributed by atoms with Crippen molar-refractivity contribution in [2.24, 2.45) is 0 Å². The Morgan fingerprint density at radius 1 is 1.53 bits per heavy atom. The number of carbonyl (C=O) groups is 1. The standard InChI is InChI=1S/C13H16FNO2/c1-9(7-13(17)15-10(2)8-16)11-5-3-4-6-12(11)14/h3-7,10,16H,8H2,1-2H3,(H,15,17)/b9-7-. The number of nitrogens with one attached hydrogen (secondary N) is 1. The summed E-state index contributed by atoms with van der Waals surface area (Å²) in [6.07, 6.45) is 1.32. The van der Waals surface area contributed by atoms with E-state index in [0.29, 0.717) is 11.1 Å². The average Bonchev–Trinajstić information content (AvgIpc) is 2.29. The van der Waals surface area contributed by atoms with Gasteiger partial charge < -0.3 is 10.4 Å². The Hall–Kier alpha value is -1.68. The first-order valence-corrected chi connectivity index (χ1v) is 5.39. The lowest BCUT2D eigenvalue weighted by atomic mass is 10.1. The fourth-order valence-electron chi connectivity index (χ4n) is 1.39. The Morgan fingerprint density at radius 2 is 2.18 bits per heavy atom. The molecule has 0 aromatic heterocycles. The van der Waals surface area contributed by atoms with E-state index in [9.17, 15) is 9.18 Å². The van der Waals surface area contributed by atoms with E-state index < -0.39 is 0 Å². The van der Waals surface area contributed by atoms with Gasteiger partial charge in [-0.25, -0.2) is 4.39 Å². The van der Waals surface area contributed by atoms with Crippen LogP contribution in [0.1, 0.15) is 19.4 Å². The second-order valence-corrected chi connectivity index (χ2v) is 3.90. The maximum absolute atomic E-state index is 13.4. The molecule has 4 heteroatoms. The first-order valence-electron chi connectivity index (χ1n) is 5.39. The molecule has 0 radical (unpaired) electrons. The van der Waals surface area contributed by atoms with E-state index in [1.165, 1.54) is 12.1 Å². The van der Waals surface area contributed by atoms with Gasteiger partial charge in [0.1, 0.15) is 5.82 Å². The molecule has 1 aromatic rings. The van der Waals surface area contributed by atoms with Crippen LogP contribution in [0.2, 0.25) is 0 Å². The molecule has 92 valence electrons. The van der Waals surface area contributed by atoms with Crippen LogP contribution in [0.5, 0.6) is 0 Å². The van der Waals surface area contributed by atoms with E-state index in [-0.39, 0.29) is 24.4 Å². The largest absolute Gasteiger partial charge is 0.394 e. The number of aliphatic hydroxyl groups excluding tert-OH is 1. The molecular formula is C13H16FNO2. The maximum atomic E-state index is 13.4. The number of rotatable bonds is 4. The lowest BCUT2D eigenvalue weighted by molar-refractivity contribution is -0.117. The van der Waals surface area contributed by atoms with Gasteiger partial charge in [0, 0.05) is 17.7 Å². The molecule has 0 saturated carbocycles. The van der Waals surface area contributed by atoms with Gasteiger partial charge in [-0.05, 0) is 25.5 Å². The van der Waals surface area contributed by atoms with Gasteiger partial charge in [-0.1, -0.05) is 18.2 Å². The van der Waals surface area contributed by atoms with Crippen LogP contribution in [0.25, 0.3) is 5.57 Å². The second kappa shape index (κ2) is 6.15. The molecule has 0 fully saturated rings. The Morgan fingerprint density at radius 3 is 2.76 bits per heavy atom. The minimum absolute atomic E-state index is 0.127. The molecule has 1 rings (SSSR count). The van der Waals surface area contributed by atoms with E-state index in [2.05, 4.69) is 5.32 Å². The van der Waals surface area contributed by atoms with Gasteiger partial charge in [-0.15, -0.1) is 0 Å². The molecule has 2 N–H and O–H groups in total. The number of carbonyl (C=O) groups excluding carboxylic acids is 1. The number of hydrogen-bond acceptors (Lipinski definition) is 2. The van der Waals surface area contributed by atoms with Crippen LogP contribution >= 0.6 is 0 Å². The van der Waals surface area contributed by atoms with E-state index >= 15 is 0 Å². The van der Waals surface area contributed by atoms with Gasteiger partial charge in [-0.2, -0.15) is 0 Å². The number of halogens is 1. The quantitative estimate of drug-likeness (QED) is 0.783. The first kappa shape index (κ1) is 13.4. The molecule has 0 aliphatic rings. The topological polar surface area (TPSA) is 49.3 Å². The highest BCUT2D eigenvalue weighted by atomic mass is 19.1. The van der Waals surface area contributed by atoms with Crippen molar-refractivity contribution >= 4 is 11.5 Å². The Labute approximate surface area is 100.0 Å². The van der Waals surface area contributed by atoms with Crippen molar-refractivity contribution in [1.29, 1.82) is 0 Å². The van der Waals surface area contributed by atoms with Crippen molar-refractivity contribution in [2.75, 3.05) is 6.61 Å². The molecule has 0 heterocycles. The van der Waals surface area contributed by atoms with Gasteiger partial charge in [0.25, 0.3) is 0 Å². The number of aliphatic hydroxyl groups is 1. The van der Waals surface area contributed by atoms with E-state index in [0.717, 1.165) is 0 Å². The molecule has 1 unspecified atom stereocenters. The summed E-state index contributed by atoms with van der Waals surface area (Å²) in [4.78, 5) is 11.5. The Bertz CT molecular complexity index is 429. The van der Waals surface area contributed by atoms with Gasteiger partial charge in [0.05, 0.1) is 6.61 Å². The first-order chi connectivity index (χ1) is 8.04. The van der Waals surface area contributed by atoms with Crippen LogP contribution in [-0.4, -0.2) is 23.7 Å². The smallest absolute Gasteiger partial charge is 0.244 e. The van der Waals surface area contributed by atoms with E-state index in [1.807, 2.05) is 0 Å². The lowest BCUT2D eigenvalue weighted by Gasteiger charge is -2.09. The predicted molar refractivity (Wildman–Crippen MR) is 64.7 cm³/mol. The summed E-state index contributed by atoms with van der Waals surface area (Å²) in [6, 6.07) is 5.96. The number of hydrogen-bond donors (Lipinski definition) is 2. The molecule has 1 aromatic carbocycles. The summed E-state index contributed by atoms with van der Waals surface area (Å²) in [6.45, 7) is 3.23. The third-order valence-electron chi connectivity index (χ3n) is 2.31. The molecule has 0 bridgehead atoms. The third-order valence-corrected chi connectivity index (χ3v) is 2.31. The summed E-state index contributed by atoms with van der Waals surface area (Å²) >= 11 is 0. The van der Waals surface area contributed by atoms with Crippen molar-refractivity contribution < 1.29 is 14.3 Å². The van der Waals surface area contributed by atoms with Crippen molar-refractivity contribution in [3.8, 4) is 0 Å². The molecular weight excluding hydrogens is 221 g/mol. The third kappa shape index (κ3) is 4.00. The normalized spacial score (nSPS) is 13.3. The number of benzene rings is 1. The Kier molecular flexibility index (Phi) is 4.84. The van der Waals surface area contributed by atoms with Crippen LogP contribution in [-0.2, 0) is 4.79 Å². The molecule has 0 aliphatic carbocycles. The zero-order valence-electron chi connectivity index (χ0n) is 9.90. The minimum Gasteiger partial charge on any atom is -0.394 e. The summed E-state index contributed by atoms with van der Waals surface area (Å²) in [5.74, 6) is -0.698. The van der Waals surface area contributed by atoms with Crippen LogP contribution in [0.4, 0.5) is 4.39 Å². The van der Waals surface area contributed by atoms with Gasteiger partial charge in [0.15, 0.2) is 0 Å². The summed E-state index contributed by atoms with van der Waals surface area (Å²) in [7, 11) is 0. The summed E-state index contributed by atoms with van der Waals surface area (Å²) in [5, 5.41) is 11.3. The Balaban J connectivity index is 2.79. The molecule has 17 heavy (non-hydrogen) atoms. The predicted octanol–water partition coefficient (Wildman–Crippen LogP) is 1.73. The zero-order valence-corrected chi connectivity index (χ0v) is 9.90. The lowest BCUT2D eigenvalue weighted by Crippen LogP contribution is -2.33. The molecule has 0 saturated heterocycles. The highest BCUT2D eigenvalue weighted by molar-refractivity contribution is 5.95. The molecule has 3 nitrogen and oxygen atoms in total. The number of amides is 1. The van der Waals surface area contributed by atoms with Crippen LogP contribution in [0.3, 0.4) is 0 Å². The monoisotopic (exact) mass is 237 g/mol. The fraction of sp³-hybridized carbons (Fsp3) is 0.308. The van der Waals surface area contributed by atoms with Crippen LogP contribution in [0, 0.1) is 5.82 Å². The van der Waals surface area contributed by atoms with E-state index in [4.69, 9.17) is 5.11 Å². The highest BCUT2D eigenvalue weighted by Gasteiger charge is 2.07. The van der Waals surface area contributed by atoms with Crippen molar-refractivity contribution in [3.05, 3.63) is 41.7 Å². The van der Waals surface area contributed by atoms with Gasteiger partial charge in [-0.3, -0.25) is 4.79 Å². The van der Waals surface area contributed by atoms with Crippen LogP contribution < -0.4 is 5.32 Å². The van der Waals surface area contributed by atoms with Gasteiger partial charge >= 0.3 is 0 Å². The number of allylic oxidation sites excluding steroid dienone is 1. The zero-order chi connectivity index (χ0) is 12.8. The molecule has 1 atom stereocenters. The average molecular weight is 237 g/mol. The fourth-order valence-corrected chi connectivity index (χ4v) is 1.39. The van der Waals surface area contributed by atoms with Gasteiger partial charge in [0.2, 0.25) is 5.91 Å². The van der Waals surface area contributed by atoms with Crippen molar-refractivity contribution in [2.45, 2.75) is 19.9 Å². The molecule has 1 amide bonds. The van der Waals surface area contributed by atoms with Crippen LogP contribution in [0.15, 0.2) is 30.3 Å². The summed E-state index contributed by atoms with van der Waals surface area (Å²) < 4.78 is 13.4.